The second-order valence-electron chi connectivity index (χ2n) is 17.2. The molecule has 5 aromatic carbocycles. The second-order valence-corrected chi connectivity index (χ2v) is 17.2. The Kier molecular flexibility index (Phi) is 17.9. The summed E-state index contributed by atoms with van der Waals surface area (Å²) in [5.74, 6) is -1.50. The van der Waals surface area contributed by atoms with Gasteiger partial charge in [0, 0.05) is 0 Å². The molecule has 70 heavy (non-hydrogen) atoms. The number of esters is 2. The van der Waals surface area contributed by atoms with E-state index in [9.17, 15) is 35.1 Å². The number of ether oxygens (including phenoxy) is 10. The zero-order valence-corrected chi connectivity index (χ0v) is 38.3. The van der Waals surface area contributed by atoms with Crippen molar-refractivity contribution in [2.75, 3.05) is 13.2 Å². The summed E-state index contributed by atoms with van der Waals surface area (Å²) in [5, 5.41) is 56.7. The van der Waals surface area contributed by atoms with Gasteiger partial charge >= 0.3 is 11.9 Å². The van der Waals surface area contributed by atoms with Crippen LogP contribution in [0, 0.1) is 0 Å². The Hall–Kier alpha value is -5.48. The normalized spacial score (nSPS) is 31.1. The molecule has 5 N–H and O–H groups in total. The van der Waals surface area contributed by atoms with Gasteiger partial charge in [-0.15, -0.1) is 0 Å². The van der Waals surface area contributed by atoms with Crippen LogP contribution < -0.4 is 0 Å². The third-order valence-electron chi connectivity index (χ3n) is 12.2. The van der Waals surface area contributed by atoms with E-state index in [1.807, 2.05) is 91.0 Å². The van der Waals surface area contributed by atoms with E-state index < -0.39 is 117 Å². The maximum atomic E-state index is 13.3. The van der Waals surface area contributed by atoms with Crippen molar-refractivity contribution in [3.8, 4) is 0 Å². The molecular weight excluding hydrogens is 909 g/mol. The molecule has 372 valence electrons. The fourth-order valence-electron chi connectivity index (χ4n) is 8.45. The van der Waals surface area contributed by atoms with E-state index in [0.29, 0.717) is 0 Å². The van der Waals surface area contributed by atoms with Crippen LogP contribution in [-0.4, -0.2) is 143 Å². The lowest BCUT2D eigenvalue weighted by atomic mass is 9.95. The highest BCUT2D eigenvalue weighted by Gasteiger charge is 2.55. The lowest BCUT2D eigenvalue weighted by molar-refractivity contribution is -0.387. The Morgan fingerprint density at radius 2 is 0.857 bits per heavy atom. The zero-order valence-electron chi connectivity index (χ0n) is 38.3. The molecular formula is C53H58O17. The summed E-state index contributed by atoms with van der Waals surface area (Å²) >= 11 is 0. The maximum Gasteiger partial charge on any atom is 0.338 e. The topological polar surface area (TPSA) is 228 Å². The first kappa shape index (κ1) is 50.9. The van der Waals surface area contributed by atoms with Crippen LogP contribution in [0.5, 0.6) is 0 Å². The van der Waals surface area contributed by atoms with E-state index in [1.54, 1.807) is 43.3 Å². The number of carbonyl (C=O) groups is 2. The van der Waals surface area contributed by atoms with E-state index in [1.165, 1.54) is 24.3 Å². The third kappa shape index (κ3) is 12.9. The zero-order chi connectivity index (χ0) is 49.0. The first-order chi connectivity index (χ1) is 34.0. The van der Waals surface area contributed by atoms with E-state index in [2.05, 4.69) is 0 Å². The minimum atomic E-state index is -1.96. The van der Waals surface area contributed by atoms with Crippen LogP contribution in [0.1, 0.15) is 44.3 Å². The molecule has 0 aliphatic carbocycles. The molecule has 7 unspecified atom stereocenters. The number of benzene rings is 5. The second kappa shape index (κ2) is 24.6. The molecule has 0 aromatic heterocycles. The summed E-state index contributed by atoms with van der Waals surface area (Å²) < 4.78 is 62.7. The first-order valence-electron chi connectivity index (χ1n) is 23.1. The van der Waals surface area contributed by atoms with Crippen LogP contribution in [0.2, 0.25) is 0 Å². The quantitative estimate of drug-likeness (QED) is 0.0741. The summed E-state index contributed by atoms with van der Waals surface area (Å²) in [6.07, 6.45) is -22.4. The van der Waals surface area contributed by atoms with Gasteiger partial charge < -0.3 is 72.9 Å². The van der Waals surface area contributed by atoms with Gasteiger partial charge in [0.25, 0.3) is 0 Å². The van der Waals surface area contributed by atoms with Crippen LogP contribution in [0.3, 0.4) is 0 Å². The van der Waals surface area contributed by atoms with Gasteiger partial charge in [0.15, 0.2) is 18.9 Å². The van der Waals surface area contributed by atoms with Crippen LogP contribution in [0.15, 0.2) is 152 Å². The highest BCUT2D eigenvalue weighted by Crippen LogP contribution is 2.36. The highest BCUT2D eigenvalue weighted by molar-refractivity contribution is 5.89. The Bertz CT molecular complexity index is 2350. The van der Waals surface area contributed by atoms with Crippen LogP contribution >= 0.6 is 0 Å². The molecule has 3 heterocycles. The standard InChI is InChI=1S/C53H58O17/c1-32-44(61-27-33-17-7-2-8-18-33)47(62-28-34-19-9-3-10-20-34)48(63-29-35-21-11-4-12-22-35)53(66-32)70-46-43(57)51(60)67-39(31-65-50(59)37-25-15-6-16-26-37)45(46)69-52-42(56)41(55)40(54)38(68-52)30-64-49(58)36-23-13-5-14-24-36/h2-26,32,38-48,51-57,60H,27-31H2,1H3/t32?,38-,39-,40?,41?,42?,43?,44-,45-,46+,47-,48+,51?,52?,53+/m1/s1. The van der Waals surface area contributed by atoms with Gasteiger partial charge in [-0.25, -0.2) is 9.59 Å². The predicted molar refractivity (Wildman–Crippen MR) is 246 cm³/mol. The number of carbonyl (C=O) groups excluding carboxylic acids is 2. The average molecular weight is 967 g/mol. The number of hydrogen-bond acceptors (Lipinski definition) is 17. The lowest BCUT2D eigenvalue weighted by Gasteiger charge is -2.49. The molecule has 3 fully saturated rings. The largest absolute Gasteiger partial charge is 0.459 e. The smallest absolute Gasteiger partial charge is 0.338 e. The van der Waals surface area contributed by atoms with Gasteiger partial charge in [-0.2, -0.15) is 0 Å². The molecule has 0 spiro atoms. The van der Waals surface area contributed by atoms with Gasteiger partial charge in [-0.3, -0.25) is 0 Å². The number of hydrogen-bond donors (Lipinski definition) is 5. The van der Waals surface area contributed by atoms with Crippen LogP contribution in [0.4, 0.5) is 0 Å². The molecule has 3 aliphatic rings. The fourth-order valence-corrected chi connectivity index (χ4v) is 8.45. The maximum absolute atomic E-state index is 13.3. The minimum Gasteiger partial charge on any atom is -0.459 e. The number of aliphatic hydroxyl groups is 5. The molecule has 15 atom stereocenters. The monoisotopic (exact) mass is 966 g/mol. The molecule has 3 aliphatic heterocycles. The minimum absolute atomic E-state index is 0.0508. The molecule has 8 rings (SSSR count). The first-order valence-corrected chi connectivity index (χ1v) is 23.1. The van der Waals surface area contributed by atoms with Gasteiger partial charge in [0.05, 0.1) is 37.1 Å². The average Bonchev–Trinajstić information content (AvgIpc) is 3.39. The molecule has 0 saturated carbocycles. The Morgan fingerprint density at radius 3 is 1.36 bits per heavy atom. The number of aliphatic hydroxyl groups excluding tert-OH is 5. The summed E-state index contributed by atoms with van der Waals surface area (Å²) in [7, 11) is 0. The van der Waals surface area contributed by atoms with E-state index in [4.69, 9.17) is 47.4 Å². The molecule has 5 aromatic rings. The van der Waals surface area contributed by atoms with Gasteiger partial charge in [0.1, 0.15) is 80.4 Å². The van der Waals surface area contributed by atoms with Crippen molar-refractivity contribution in [2.45, 2.75) is 119 Å². The number of rotatable bonds is 19. The van der Waals surface area contributed by atoms with Crippen molar-refractivity contribution in [2.24, 2.45) is 0 Å². The van der Waals surface area contributed by atoms with Crippen molar-refractivity contribution < 1.29 is 82.5 Å². The van der Waals surface area contributed by atoms with E-state index in [-0.39, 0.29) is 30.9 Å². The van der Waals surface area contributed by atoms with Crippen LogP contribution in [0.25, 0.3) is 0 Å². The van der Waals surface area contributed by atoms with Crippen molar-refractivity contribution in [1.29, 1.82) is 0 Å². The van der Waals surface area contributed by atoms with Gasteiger partial charge in [-0.05, 0) is 47.9 Å². The summed E-state index contributed by atoms with van der Waals surface area (Å²) in [4.78, 5) is 26.2. The van der Waals surface area contributed by atoms with E-state index in [0.717, 1.165) is 16.7 Å². The lowest BCUT2D eigenvalue weighted by Crippen LogP contribution is -2.67. The molecule has 17 nitrogen and oxygen atoms in total. The Labute approximate surface area is 404 Å². The Morgan fingerprint density at radius 1 is 0.429 bits per heavy atom. The fraction of sp³-hybridized carbons (Fsp3) is 0.396. The molecule has 0 amide bonds. The predicted octanol–water partition coefficient (Wildman–Crippen LogP) is 3.86. The van der Waals surface area contributed by atoms with Crippen molar-refractivity contribution >= 4 is 11.9 Å². The molecule has 17 heteroatoms. The third-order valence-corrected chi connectivity index (χ3v) is 12.2. The van der Waals surface area contributed by atoms with Gasteiger partial charge in [0.2, 0.25) is 0 Å². The summed E-state index contributed by atoms with van der Waals surface area (Å²) in [5.41, 5.74) is 2.98. The van der Waals surface area contributed by atoms with Crippen LogP contribution in [-0.2, 0) is 67.2 Å². The van der Waals surface area contributed by atoms with Gasteiger partial charge in [-0.1, -0.05) is 127 Å². The molecule has 3 saturated heterocycles. The Balaban J connectivity index is 1.11. The summed E-state index contributed by atoms with van der Waals surface area (Å²) in [6.45, 7) is 0.982. The van der Waals surface area contributed by atoms with Crippen molar-refractivity contribution in [3.63, 3.8) is 0 Å². The molecule has 0 bridgehead atoms. The van der Waals surface area contributed by atoms with E-state index >= 15 is 0 Å². The molecule has 0 radical (unpaired) electrons. The van der Waals surface area contributed by atoms with Crippen molar-refractivity contribution in [3.05, 3.63) is 179 Å². The summed E-state index contributed by atoms with van der Waals surface area (Å²) in [6, 6.07) is 44.6. The van der Waals surface area contributed by atoms with Crippen molar-refractivity contribution in [1.82, 2.24) is 0 Å². The highest BCUT2D eigenvalue weighted by atomic mass is 16.8. The SMILES string of the molecule is CC1O[C@@H](O[C@H]2C(O)C(O)O[C@H](COC(=O)c3ccccc3)[C@H]2OC2O[C@H](COC(=O)c3ccccc3)C(O)C(O)C2O)[C@@H](OCc2ccccc2)[C@H](OCc2ccccc2)[C@@H]1OCc1ccccc1.